The van der Waals surface area contributed by atoms with Gasteiger partial charge in [0.1, 0.15) is 5.82 Å². The van der Waals surface area contributed by atoms with E-state index >= 15 is 0 Å². The van der Waals surface area contributed by atoms with Crippen molar-refractivity contribution >= 4 is 23.4 Å². The fourth-order valence-corrected chi connectivity index (χ4v) is 3.11. The van der Waals surface area contributed by atoms with E-state index < -0.39 is 0 Å². The van der Waals surface area contributed by atoms with E-state index in [1.807, 2.05) is 54.6 Å². The van der Waals surface area contributed by atoms with Crippen LogP contribution in [0.3, 0.4) is 0 Å². The summed E-state index contributed by atoms with van der Waals surface area (Å²) in [6.45, 7) is 4.29. The third kappa shape index (κ3) is 5.20. The van der Waals surface area contributed by atoms with Crippen LogP contribution in [-0.4, -0.2) is 26.8 Å². The molecule has 1 heterocycles. The highest BCUT2D eigenvalue weighted by atomic mass is 32.2. The third-order valence-electron chi connectivity index (χ3n) is 3.92. The number of rotatable bonds is 7. The minimum Gasteiger partial charge on any atom is -0.325 e. The summed E-state index contributed by atoms with van der Waals surface area (Å²) in [7, 11) is 0. The summed E-state index contributed by atoms with van der Waals surface area (Å²) in [6.07, 6.45) is 0.697. The quantitative estimate of drug-likeness (QED) is 0.613. The molecule has 3 rings (SSSR count). The van der Waals surface area contributed by atoms with Crippen LogP contribution in [-0.2, 0) is 11.2 Å². The first-order valence-electron chi connectivity index (χ1n) is 8.58. The van der Waals surface area contributed by atoms with Crippen LogP contribution in [0.1, 0.15) is 36.7 Å². The van der Waals surface area contributed by atoms with E-state index in [1.165, 1.54) is 22.9 Å². The number of hydrogen-bond acceptors (Lipinski definition) is 4. The lowest BCUT2D eigenvalue weighted by Gasteiger charge is -2.08. The number of carbonyl (C=O) groups is 1. The Kier molecular flexibility index (Phi) is 6.07. The number of aromatic nitrogens is 3. The van der Waals surface area contributed by atoms with E-state index in [9.17, 15) is 4.79 Å². The van der Waals surface area contributed by atoms with Crippen molar-refractivity contribution in [1.82, 2.24) is 15.2 Å². The molecule has 0 saturated heterocycles. The van der Waals surface area contributed by atoms with Gasteiger partial charge >= 0.3 is 0 Å². The third-order valence-corrected chi connectivity index (χ3v) is 4.77. The topological polar surface area (TPSA) is 70.7 Å². The molecular formula is C20H22N4OS. The molecule has 26 heavy (non-hydrogen) atoms. The second-order valence-corrected chi connectivity index (χ2v) is 7.28. The van der Waals surface area contributed by atoms with Crippen LogP contribution in [0.4, 0.5) is 5.69 Å². The monoisotopic (exact) mass is 366 g/mol. The number of nitrogens with zero attached hydrogens (tertiary/aromatic N) is 2. The number of carbonyl (C=O) groups excluding carboxylic acids is 1. The molecule has 0 atom stereocenters. The number of thioether (sulfide) groups is 1. The number of nitrogens with one attached hydrogen (secondary N) is 2. The number of hydrogen-bond donors (Lipinski definition) is 2. The number of amides is 1. The molecule has 0 aliphatic heterocycles. The van der Waals surface area contributed by atoms with Crippen molar-refractivity contribution in [2.24, 2.45) is 0 Å². The standard InChI is InChI=1S/C20H22N4OS/c1-14(2)16-8-10-17(11-9-16)21-19(25)13-26-20-22-18(23-24-20)12-15-6-4-3-5-7-15/h3-11,14H,12-13H2,1-2H3,(H,21,25)(H,22,23,24). The van der Waals surface area contributed by atoms with Gasteiger partial charge in [-0.2, -0.15) is 0 Å². The van der Waals surface area contributed by atoms with Crippen LogP contribution >= 0.6 is 11.8 Å². The molecule has 1 aromatic heterocycles. The first-order chi connectivity index (χ1) is 12.6. The van der Waals surface area contributed by atoms with Gasteiger partial charge < -0.3 is 5.32 Å². The van der Waals surface area contributed by atoms with Gasteiger partial charge in [-0.25, -0.2) is 4.98 Å². The molecule has 0 bridgehead atoms. The van der Waals surface area contributed by atoms with Gasteiger partial charge in [-0.05, 0) is 29.2 Å². The number of aromatic amines is 1. The lowest BCUT2D eigenvalue weighted by Crippen LogP contribution is -2.14. The molecule has 0 saturated carbocycles. The fraction of sp³-hybridized carbons (Fsp3) is 0.250. The molecule has 3 aromatic rings. The highest BCUT2D eigenvalue weighted by molar-refractivity contribution is 7.99. The number of benzene rings is 2. The van der Waals surface area contributed by atoms with Gasteiger partial charge in [-0.3, -0.25) is 9.89 Å². The van der Waals surface area contributed by atoms with E-state index in [2.05, 4.69) is 34.3 Å². The molecule has 0 aliphatic carbocycles. The van der Waals surface area contributed by atoms with Crippen LogP contribution in [0.25, 0.3) is 0 Å². The predicted molar refractivity (Wildman–Crippen MR) is 106 cm³/mol. The Morgan fingerprint density at radius 2 is 1.85 bits per heavy atom. The molecule has 0 spiro atoms. The first-order valence-corrected chi connectivity index (χ1v) is 9.56. The average molecular weight is 366 g/mol. The van der Waals surface area contributed by atoms with Gasteiger partial charge in [0.25, 0.3) is 0 Å². The summed E-state index contributed by atoms with van der Waals surface area (Å²) in [4.78, 5) is 16.5. The maximum Gasteiger partial charge on any atom is 0.234 e. The SMILES string of the molecule is CC(C)c1ccc(NC(=O)CSc2n[nH]c(Cc3ccccc3)n2)cc1. The fourth-order valence-electron chi connectivity index (χ4n) is 2.49. The average Bonchev–Trinajstić information content (AvgIpc) is 3.09. The summed E-state index contributed by atoms with van der Waals surface area (Å²) in [5.74, 6) is 1.48. The second-order valence-electron chi connectivity index (χ2n) is 6.34. The van der Waals surface area contributed by atoms with E-state index in [0.717, 1.165) is 11.5 Å². The number of H-pyrrole nitrogens is 1. The van der Waals surface area contributed by atoms with Crippen molar-refractivity contribution < 1.29 is 4.79 Å². The molecule has 6 heteroatoms. The Hall–Kier alpha value is -2.60. The molecular weight excluding hydrogens is 344 g/mol. The Balaban J connectivity index is 1.48. The summed E-state index contributed by atoms with van der Waals surface area (Å²) < 4.78 is 0. The highest BCUT2D eigenvalue weighted by Gasteiger charge is 2.09. The predicted octanol–water partition coefficient (Wildman–Crippen LogP) is 4.25. The van der Waals surface area contributed by atoms with Gasteiger partial charge in [0.05, 0.1) is 5.75 Å². The molecule has 2 aromatic carbocycles. The summed E-state index contributed by atoms with van der Waals surface area (Å²) >= 11 is 1.32. The van der Waals surface area contributed by atoms with Crippen LogP contribution in [0.5, 0.6) is 0 Å². The van der Waals surface area contributed by atoms with Gasteiger partial charge in [-0.1, -0.05) is 68.1 Å². The van der Waals surface area contributed by atoms with Crippen LogP contribution in [0.2, 0.25) is 0 Å². The van der Waals surface area contributed by atoms with Gasteiger partial charge in [0.15, 0.2) is 0 Å². The zero-order valence-corrected chi connectivity index (χ0v) is 15.7. The normalized spacial score (nSPS) is 10.9. The lowest BCUT2D eigenvalue weighted by atomic mass is 10.0. The second kappa shape index (κ2) is 8.67. The minimum atomic E-state index is -0.0679. The van der Waals surface area contributed by atoms with Crippen molar-refractivity contribution in [3.63, 3.8) is 0 Å². The Bertz CT molecular complexity index is 844. The largest absolute Gasteiger partial charge is 0.325 e. The number of anilines is 1. The summed E-state index contributed by atoms with van der Waals surface area (Å²) in [6, 6.07) is 18.0. The minimum absolute atomic E-state index is 0.0679. The molecule has 2 N–H and O–H groups in total. The van der Waals surface area contributed by atoms with E-state index in [4.69, 9.17) is 0 Å². The smallest absolute Gasteiger partial charge is 0.234 e. The molecule has 0 radical (unpaired) electrons. The van der Waals surface area contributed by atoms with Gasteiger partial charge in [0, 0.05) is 12.1 Å². The van der Waals surface area contributed by atoms with Crippen LogP contribution < -0.4 is 5.32 Å². The Morgan fingerprint density at radius 3 is 2.54 bits per heavy atom. The van der Waals surface area contributed by atoms with Crippen molar-refractivity contribution in [3.8, 4) is 0 Å². The zero-order valence-electron chi connectivity index (χ0n) is 14.9. The van der Waals surface area contributed by atoms with Crippen molar-refractivity contribution in [2.75, 3.05) is 11.1 Å². The van der Waals surface area contributed by atoms with E-state index in [-0.39, 0.29) is 11.7 Å². The first kappa shape index (κ1) is 18.2. The zero-order chi connectivity index (χ0) is 18.4. The van der Waals surface area contributed by atoms with Crippen LogP contribution in [0, 0.1) is 0 Å². The molecule has 1 amide bonds. The molecule has 0 aliphatic rings. The Labute approximate surface area is 157 Å². The Morgan fingerprint density at radius 1 is 1.12 bits per heavy atom. The summed E-state index contributed by atoms with van der Waals surface area (Å²) in [5.41, 5.74) is 3.23. The molecule has 134 valence electrons. The van der Waals surface area contributed by atoms with Gasteiger partial charge in [-0.15, -0.1) is 5.10 Å². The van der Waals surface area contributed by atoms with E-state index in [1.54, 1.807) is 0 Å². The lowest BCUT2D eigenvalue weighted by molar-refractivity contribution is -0.113. The maximum atomic E-state index is 12.1. The summed E-state index contributed by atoms with van der Waals surface area (Å²) in [5, 5.41) is 10.6. The van der Waals surface area contributed by atoms with E-state index in [0.29, 0.717) is 17.5 Å². The van der Waals surface area contributed by atoms with Crippen LogP contribution in [0.15, 0.2) is 59.8 Å². The molecule has 0 unspecified atom stereocenters. The van der Waals surface area contributed by atoms with Gasteiger partial charge in [0.2, 0.25) is 11.1 Å². The maximum absolute atomic E-state index is 12.1. The highest BCUT2D eigenvalue weighted by Crippen LogP contribution is 2.18. The molecule has 0 fully saturated rings. The van der Waals surface area contributed by atoms with Crippen molar-refractivity contribution in [1.29, 1.82) is 0 Å². The van der Waals surface area contributed by atoms with Crippen molar-refractivity contribution in [3.05, 3.63) is 71.5 Å². The van der Waals surface area contributed by atoms with Crippen molar-refractivity contribution in [2.45, 2.75) is 31.3 Å². The molecule has 5 nitrogen and oxygen atoms in total.